The Kier molecular flexibility index (Phi) is 9.18. The number of ether oxygens (including phenoxy) is 3. The van der Waals surface area contributed by atoms with Crippen LogP contribution < -0.4 is 9.47 Å². The molecule has 0 aliphatic carbocycles. The minimum atomic E-state index is 0.157. The summed E-state index contributed by atoms with van der Waals surface area (Å²) < 4.78 is 17.1. The van der Waals surface area contributed by atoms with Gasteiger partial charge in [0.1, 0.15) is 18.1 Å². The van der Waals surface area contributed by atoms with Crippen LogP contribution in [0.15, 0.2) is 24.0 Å². The molecule has 1 aromatic rings. The second-order valence-corrected chi connectivity index (χ2v) is 6.61. The number of aliphatic hydroxyl groups is 2. The zero-order valence-electron chi connectivity index (χ0n) is 15.8. The van der Waals surface area contributed by atoms with Crippen molar-refractivity contribution in [2.75, 3.05) is 26.4 Å². The lowest BCUT2D eigenvalue weighted by atomic mass is 10.1. The smallest absolute Gasteiger partial charge is 0.176 e. The van der Waals surface area contributed by atoms with E-state index < -0.39 is 0 Å². The van der Waals surface area contributed by atoms with Gasteiger partial charge in [-0.05, 0) is 31.4 Å². The fourth-order valence-corrected chi connectivity index (χ4v) is 2.86. The van der Waals surface area contributed by atoms with Gasteiger partial charge in [0.25, 0.3) is 0 Å². The van der Waals surface area contributed by atoms with Gasteiger partial charge >= 0.3 is 0 Å². The molecule has 2 rings (SSSR count). The molecule has 1 heterocycles. The molecule has 0 fully saturated rings. The molecule has 146 valence electrons. The molecule has 0 atom stereocenters. The van der Waals surface area contributed by atoms with Crippen LogP contribution in [0.3, 0.4) is 0 Å². The zero-order chi connectivity index (χ0) is 18.6. The van der Waals surface area contributed by atoms with Crippen molar-refractivity contribution < 1.29 is 24.4 Å². The van der Waals surface area contributed by atoms with Gasteiger partial charge in [-0.3, -0.25) is 0 Å². The fraction of sp³-hybridized carbons (Fsp3) is 0.619. The highest BCUT2D eigenvalue weighted by molar-refractivity contribution is 5.69. The quantitative estimate of drug-likeness (QED) is 0.491. The van der Waals surface area contributed by atoms with Gasteiger partial charge in [-0.25, -0.2) is 0 Å². The predicted molar refractivity (Wildman–Crippen MR) is 103 cm³/mol. The van der Waals surface area contributed by atoms with Crippen molar-refractivity contribution in [1.29, 1.82) is 0 Å². The molecule has 5 heteroatoms. The molecule has 5 nitrogen and oxygen atoms in total. The average Bonchev–Trinajstić information content (AvgIpc) is 2.66. The summed E-state index contributed by atoms with van der Waals surface area (Å²) in [5, 5.41) is 19.2. The third-order valence-corrected chi connectivity index (χ3v) is 4.43. The highest BCUT2D eigenvalue weighted by Crippen LogP contribution is 2.34. The lowest BCUT2D eigenvalue weighted by Gasteiger charge is -2.21. The third kappa shape index (κ3) is 6.45. The molecule has 0 amide bonds. The van der Waals surface area contributed by atoms with Crippen LogP contribution in [-0.4, -0.2) is 36.6 Å². The number of fused-ring (bicyclic) bond motifs is 1. The van der Waals surface area contributed by atoms with E-state index in [0.717, 1.165) is 25.7 Å². The summed E-state index contributed by atoms with van der Waals surface area (Å²) in [4.78, 5) is 0. The van der Waals surface area contributed by atoms with E-state index in [4.69, 9.17) is 19.3 Å². The van der Waals surface area contributed by atoms with Crippen molar-refractivity contribution in [2.45, 2.75) is 58.3 Å². The van der Waals surface area contributed by atoms with E-state index in [0.29, 0.717) is 36.0 Å². The van der Waals surface area contributed by atoms with Crippen LogP contribution in [0.25, 0.3) is 5.76 Å². The molecule has 26 heavy (non-hydrogen) atoms. The molecule has 0 radical (unpaired) electrons. The highest BCUT2D eigenvalue weighted by Gasteiger charge is 2.21. The Bertz CT molecular complexity index is 568. The van der Waals surface area contributed by atoms with Crippen LogP contribution in [0, 0.1) is 0 Å². The second kappa shape index (κ2) is 11.7. The minimum absolute atomic E-state index is 0.157. The second-order valence-electron chi connectivity index (χ2n) is 6.61. The number of unbranched alkanes of at least 4 members (excludes halogenated alkanes) is 6. The van der Waals surface area contributed by atoms with E-state index in [1.54, 1.807) is 12.1 Å². The Hall–Kier alpha value is -1.88. The Labute approximate surface area is 156 Å². The summed E-state index contributed by atoms with van der Waals surface area (Å²) in [6, 6.07) is 5.39. The minimum Gasteiger partial charge on any atom is -0.504 e. The van der Waals surface area contributed by atoms with Crippen molar-refractivity contribution in [1.82, 2.24) is 0 Å². The highest BCUT2D eigenvalue weighted by atomic mass is 16.5. The first-order valence-corrected chi connectivity index (χ1v) is 9.82. The number of hydrogen-bond donors (Lipinski definition) is 2. The summed E-state index contributed by atoms with van der Waals surface area (Å²) in [6.45, 7) is 3.79. The van der Waals surface area contributed by atoms with Gasteiger partial charge in [0.05, 0.1) is 18.8 Å². The third-order valence-electron chi connectivity index (χ3n) is 4.43. The van der Waals surface area contributed by atoms with Crippen molar-refractivity contribution >= 4 is 5.76 Å². The van der Waals surface area contributed by atoms with E-state index in [1.807, 2.05) is 6.07 Å². The molecule has 2 N–H and O–H groups in total. The van der Waals surface area contributed by atoms with E-state index in [2.05, 4.69) is 6.92 Å². The van der Waals surface area contributed by atoms with Gasteiger partial charge in [-0.2, -0.15) is 0 Å². The first-order chi connectivity index (χ1) is 12.8. The molecule has 1 aromatic carbocycles. The maximum Gasteiger partial charge on any atom is 0.176 e. The van der Waals surface area contributed by atoms with Crippen LogP contribution in [0.2, 0.25) is 0 Å². The lowest BCUT2D eigenvalue weighted by molar-refractivity contribution is 0.153. The average molecular weight is 364 g/mol. The van der Waals surface area contributed by atoms with Gasteiger partial charge in [-0.1, -0.05) is 39.0 Å². The van der Waals surface area contributed by atoms with Crippen molar-refractivity contribution in [3.05, 3.63) is 29.5 Å². The Balaban J connectivity index is 1.81. The molecule has 0 aromatic heterocycles. The zero-order valence-corrected chi connectivity index (χ0v) is 15.8. The maximum atomic E-state index is 10.4. The maximum absolute atomic E-state index is 10.4. The van der Waals surface area contributed by atoms with E-state index >= 15 is 0 Å². The number of hydrogen-bond acceptors (Lipinski definition) is 5. The summed E-state index contributed by atoms with van der Waals surface area (Å²) in [7, 11) is 0. The standard InChI is InChI=1S/C21H32O5/c1-2-3-4-5-6-8-14-25-20-16-26-19-15-17(24-13-9-7-12-22)10-11-18(19)21(20)23/h10-11,15,22-23H,2-9,12-14,16H2,1H3. The van der Waals surface area contributed by atoms with Gasteiger partial charge in [-0.15, -0.1) is 0 Å². The molecule has 1 aliphatic heterocycles. The van der Waals surface area contributed by atoms with E-state index in [1.165, 1.54) is 25.7 Å². The van der Waals surface area contributed by atoms with E-state index in [9.17, 15) is 5.11 Å². The van der Waals surface area contributed by atoms with Crippen LogP contribution >= 0.6 is 0 Å². The first kappa shape index (κ1) is 20.4. The Morgan fingerprint density at radius 2 is 1.69 bits per heavy atom. The summed E-state index contributed by atoms with van der Waals surface area (Å²) >= 11 is 0. The largest absolute Gasteiger partial charge is 0.504 e. The van der Waals surface area contributed by atoms with Crippen molar-refractivity contribution in [3.63, 3.8) is 0 Å². The summed E-state index contributed by atoms with van der Waals surface area (Å²) in [6.07, 6.45) is 8.75. The molecule has 1 aliphatic rings. The lowest BCUT2D eigenvalue weighted by Crippen LogP contribution is -2.14. The van der Waals surface area contributed by atoms with Gasteiger partial charge in [0.15, 0.2) is 11.5 Å². The Morgan fingerprint density at radius 1 is 0.962 bits per heavy atom. The molecule has 0 saturated carbocycles. The Morgan fingerprint density at radius 3 is 2.50 bits per heavy atom. The number of benzene rings is 1. The van der Waals surface area contributed by atoms with Gasteiger partial charge in [0, 0.05) is 12.7 Å². The molecular weight excluding hydrogens is 332 g/mol. The normalized spacial score (nSPS) is 13.3. The fourth-order valence-electron chi connectivity index (χ4n) is 2.86. The number of rotatable bonds is 13. The number of aliphatic hydroxyl groups excluding tert-OH is 2. The van der Waals surface area contributed by atoms with Crippen LogP contribution in [0.4, 0.5) is 0 Å². The van der Waals surface area contributed by atoms with Crippen molar-refractivity contribution in [3.8, 4) is 11.5 Å². The molecule has 0 spiro atoms. The SMILES string of the molecule is CCCCCCCCOC1=C(O)c2ccc(OCCCCO)cc2OC1. The topological polar surface area (TPSA) is 68.2 Å². The summed E-state index contributed by atoms with van der Waals surface area (Å²) in [5.74, 6) is 1.96. The van der Waals surface area contributed by atoms with Crippen LogP contribution in [0.5, 0.6) is 11.5 Å². The van der Waals surface area contributed by atoms with E-state index in [-0.39, 0.29) is 19.0 Å². The van der Waals surface area contributed by atoms with Crippen LogP contribution in [0.1, 0.15) is 63.9 Å². The van der Waals surface area contributed by atoms with Gasteiger partial charge in [0.2, 0.25) is 0 Å². The molecule has 0 bridgehead atoms. The monoisotopic (exact) mass is 364 g/mol. The van der Waals surface area contributed by atoms with Gasteiger partial charge < -0.3 is 24.4 Å². The summed E-state index contributed by atoms with van der Waals surface area (Å²) in [5.41, 5.74) is 0.636. The molecule has 0 saturated heterocycles. The molecule has 0 unspecified atom stereocenters. The van der Waals surface area contributed by atoms with Crippen LogP contribution in [-0.2, 0) is 4.74 Å². The van der Waals surface area contributed by atoms with Crippen molar-refractivity contribution in [2.24, 2.45) is 0 Å². The predicted octanol–water partition coefficient (Wildman–Crippen LogP) is 4.83. The molecular formula is C21H32O5. The first-order valence-electron chi connectivity index (χ1n) is 9.82.